The number of nitrogens with zero attached hydrogens (tertiary/aromatic N) is 2. The van der Waals surface area contributed by atoms with E-state index in [1.807, 2.05) is 12.1 Å². The van der Waals surface area contributed by atoms with Crippen molar-refractivity contribution < 1.29 is 24.3 Å². The van der Waals surface area contributed by atoms with Crippen LogP contribution in [0, 0.1) is 21.4 Å². The number of carbonyl (C=O) groups excluding carboxylic acids is 1. The number of ether oxygens (including phenoxy) is 2. The number of amides is 1. The number of phenols is 1. The third kappa shape index (κ3) is 6.50. The van der Waals surface area contributed by atoms with Crippen LogP contribution in [0.15, 0.2) is 64.6 Å². The molecule has 0 bridgehead atoms. The van der Waals surface area contributed by atoms with Crippen molar-refractivity contribution in [3.05, 3.63) is 90.9 Å². The second-order valence-corrected chi connectivity index (χ2v) is 8.32. The number of anilines is 1. The van der Waals surface area contributed by atoms with Crippen LogP contribution in [0.25, 0.3) is 6.08 Å². The number of non-ortho nitro benzene ring substituents is 1. The number of phenolic OH excluding ortho intramolecular Hbond substituents is 1. The quantitative estimate of drug-likeness (QED) is 0.116. The number of aromatic hydroxyl groups is 1. The number of rotatable bonds is 8. The summed E-state index contributed by atoms with van der Waals surface area (Å²) in [4.78, 5) is 22.7. The van der Waals surface area contributed by atoms with Gasteiger partial charge in [-0.25, -0.2) is 0 Å². The van der Waals surface area contributed by atoms with Crippen LogP contribution in [0.4, 0.5) is 11.4 Å². The highest BCUT2D eigenvalue weighted by Gasteiger charge is 2.17. The summed E-state index contributed by atoms with van der Waals surface area (Å²) in [5.74, 6) is -0.519. The van der Waals surface area contributed by atoms with Crippen LogP contribution < -0.4 is 14.8 Å². The first-order valence-corrected chi connectivity index (χ1v) is 11.0. The highest BCUT2D eigenvalue weighted by Crippen LogP contribution is 2.38. The fourth-order valence-electron chi connectivity index (χ4n) is 2.94. The van der Waals surface area contributed by atoms with E-state index in [1.54, 1.807) is 30.3 Å². The maximum absolute atomic E-state index is 12.6. The Balaban J connectivity index is 1.81. The Labute approximate surface area is 213 Å². The van der Waals surface area contributed by atoms with Crippen molar-refractivity contribution in [1.82, 2.24) is 0 Å². The first-order valence-electron chi connectivity index (χ1n) is 9.87. The molecule has 0 aliphatic carbocycles. The van der Waals surface area contributed by atoms with Gasteiger partial charge in [0.15, 0.2) is 11.5 Å². The van der Waals surface area contributed by atoms with E-state index in [4.69, 9.17) is 21.1 Å². The number of nitro benzene ring substituents is 1. The van der Waals surface area contributed by atoms with Gasteiger partial charge in [-0.3, -0.25) is 14.9 Å². The van der Waals surface area contributed by atoms with Gasteiger partial charge in [0.05, 0.1) is 28.3 Å². The molecule has 0 atom stereocenters. The highest BCUT2D eigenvalue weighted by atomic mass is 79.9. The normalized spacial score (nSPS) is 10.9. The van der Waals surface area contributed by atoms with E-state index in [2.05, 4.69) is 21.2 Å². The highest BCUT2D eigenvalue weighted by molar-refractivity contribution is 9.10. The average molecular weight is 559 g/mol. The standard InChI is InChI=1S/C24H17BrClN3O6/c1-34-22-10-15(9-19(25)23(22)35-13-14-2-4-17(26)5-3-14)8-16(12-27)24(31)28-20-7-6-18(29(32)33)11-21(20)30/h2-11,30H,13H2,1H3,(H,28,31)/b16-8+. The molecule has 0 saturated carbocycles. The predicted octanol–water partition coefficient (Wildman–Crippen LogP) is 5.85. The molecule has 9 nitrogen and oxygen atoms in total. The molecule has 0 fully saturated rings. The first-order chi connectivity index (χ1) is 16.7. The summed E-state index contributed by atoms with van der Waals surface area (Å²) in [5, 5.41) is 33.2. The molecule has 3 aromatic carbocycles. The van der Waals surface area contributed by atoms with Gasteiger partial charge in [0.2, 0.25) is 0 Å². The maximum atomic E-state index is 12.6. The number of benzene rings is 3. The number of hydrogen-bond donors (Lipinski definition) is 2. The van der Waals surface area contributed by atoms with Crippen LogP contribution in [-0.4, -0.2) is 23.0 Å². The molecule has 11 heteroatoms. The van der Waals surface area contributed by atoms with Gasteiger partial charge in [-0.2, -0.15) is 5.26 Å². The Morgan fingerprint density at radius 2 is 1.97 bits per heavy atom. The predicted molar refractivity (Wildman–Crippen MR) is 133 cm³/mol. The molecule has 178 valence electrons. The molecule has 0 heterocycles. The smallest absolute Gasteiger partial charge is 0.273 e. The monoisotopic (exact) mass is 557 g/mol. The molecule has 35 heavy (non-hydrogen) atoms. The van der Waals surface area contributed by atoms with E-state index in [0.29, 0.717) is 26.6 Å². The van der Waals surface area contributed by atoms with Crippen LogP contribution >= 0.6 is 27.5 Å². The zero-order valence-electron chi connectivity index (χ0n) is 18.1. The van der Waals surface area contributed by atoms with E-state index in [1.165, 1.54) is 19.3 Å². The van der Waals surface area contributed by atoms with Crippen molar-refractivity contribution in [2.45, 2.75) is 6.61 Å². The second-order valence-electron chi connectivity index (χ2n) is 7.03. The van der Waals surface area contributed by atoms with Crippen molar-refractivity contribution in [2.24, 2.45) is 0 Å². The summed E-state index contributed by atoms with van der Waals surface area (Å²) in [6, 6.07) is 15.4. The molecule has 0 saturated heterocycles. The van der Waals surface area contributed by atoms with Gasteiger partial charge >= 0.3 is 0 Å². The zero-order chi connectivity index (χ0) is 25.5. The molecule has 3 rings (SSSR count). The topological polar surface area (TPSA) is 135 Å². The minimum atomic E-state index is -0.810. The lowest BCUT2D eigenvalue weighted by Gasteiger charge is -2.14. The number of carbonyl (C=O) groups is 1. The van der Waals surface area contributed by atoms with Crippen LogP contribution in [0.2, 0.25) is 5.02 Å². The van der Waals surface area contributed by atoms with Crippen molar-refractivity contribution >= 4 is 50.9 Å². The third-order valence-corrected chi connectivity index (χ3v) is 5.51. The fourth-order valence-corrected chi connectivity index (χ4v) is 3.64. The molecule has 0 spiro atoms. The van der Waals surface area contributed by atoms with Crippen molar-refractivity contribution in [2.75, 3.05) is 12.4 Å². The summed E-state index contributed by atoms with van der Waals surface area (Å²) < 4.78 is 11.8. The molecule has 0 aliphatic rings. The van der Waals surface area contributed by atoms with E-state index in [9.17, 15) is 25.3 Å². The van der Waals surface area contributed by atoms with Gasteiger partial charge in [-0.1, -0.05) is 23.7 Å². The fraction of sp³-hybridized carbons (Fsp3) is 0.0833. The first kappa shape index (κ1) is 25.6. The summed E-state index contributed by atoms with van der Waals surface area (Å²) in [7, 11) is 1.46. The van der Waals surface area contributed by atoms with E-state index >= 15 is 0 Å². The van der Waals surface area contributed by atoms with Gasteiger partial charge in [-0.15, -0.1) is 0 Å². The molecule has 1 amide bonds. The number of hydrogen-bond acceptors (Lipinski definition) is 7. The van der Waals surface area contributed by atoms with E-state index < -0.39 is 16.6 Å². The van der Waals surface area contributed by atoms with Crippen LogP contribution in [0.1, 0.15) is 11.1 Å². The van der Waals surface area contributed by atoms with Crippen molar-refractivity contribution in [1.29, 1.82) is 5.26 Å². The lowest BCUT2D eigenvalue weighted by Crippen LogP contribution is -2.13. The van der Waals surface area contributed by atoms with E-state index in [-0.39, 0.29) is 23.6 Å². The number of halogens is 2. The SMILES string of the molecule is COc1cc(/C=C(\C#N)C(=O)Nc2ccc([N+](=O)[O-])cc2O)cc(Br)c1OCc1ccc(Cl)cc1. The zero-order valence-corrected chi connectivity index (χ0v) is 20.5. The number of nitrogens with one attached hydrogen (secondary N) is 1. The number of nitro groups is 1. The summed E-state index contributed by atoms with van der Waals surface area (Å²) in [6.07, 6.45) is 1.33. The van der Waals surface area contributed by atoms with Crippen LogP contribution in [0.5, 0.6) is 17.2 Å². The van der Waals surface area contributed by atoms with Gasteiger partial charge < -0.3 is 19.9 Å². The Morgan fingerprint density at radius 1 is 1.26 bits per heavy atom. The lowest BCUT2D eigenvalue weighted by atomic mass is 10.1. The summed E-state index contributed by atoms with van der Waals surface area (Å²) in [5.41, 5.74) is 0.669. The second kappa shape index (κ2) is 11.4. The molecule has 0 unspecified atom stereocenters. The van der Waals surface area contributed by atoms with Crippen molar-refractivity contribution in [3.8, 4) is 23.3 Å². The number of nitriles is 1. The molecule has 3 aromatic rings. The largest absolute Gasteiger partial charge is 0.506 e. The Bertz CT molecular complexity index is 1350. The summed E-state index contributed by atoms with van der Waals surface area (Å²) in [6.45, 7) is 0.256. The minimum absolute atomic E-state index is 0.0774. The molecule has 0 aliphatic heterocycles. The van der Waals surface area contributed by atoms with Gasteiger partial charge in [0.25, 0.3) is 11.6 Å². The van der Waals surface area contributed by atoms with Crippen LogP contribution in [-0.2, 0) is 11.4 Å². The molecule has 2 N–H and O–H groups in total. The maximum Gasteiger partial charge on any atom is 0.273 e. The molecule has 0 aromatic heterocycles. The van der Waals surface area contributed by atoms with Gasteiger partial charge in [0.1, 0.15) is 24.0 Å². The molecular weight excluding hydrogens is 542 g/mol. The van der Waals surface area contributed by atoms with Gasteiger partial charge in [-0.05, 0) is 63.5 Å². The molecular formula is C24H17BrClN3O6. The Kier molecular flexibility index (Phi) is 8.30. The third-order valence-electron chi connectivity index (χ3n) is 4.66. The number of methoxy groups -OCH3 is 1. The minimum Gasteiger partial charge on any atom is -0.506 e. The lowest BCUT2D eigenvalue weighted by molar-refractivity contribution is -0.384. The van der Waals surface area contributed by atoms with Crippen molar-refractivity contribution in [3.63, 3.8) is 0 Å². The van der Waals surface area contributed by atoms with Gasteiger partial charge in [0, 0.05) is 11.1 Å². The molecule has 0 radical (unpaired) electrons. The van der Waals surface area contributed by atoms with E-state index in [0.717, 1.165) is 17.7 Å². The van der Waals surface area contributed by atoms with Crippen LogP contribution in [0.3, 0.4) is 0 Å². The Morgan fingerprint density at radius 3 is 2.57 bits per heavy atom. The summed E-state index contributed by atoms with van der Waals surface area (Å²) >= 11 is 9.33. The Hall–Kier alpha value is -4.07. The average Bonchev–Trinajstić information content (AvgIpc) is 2.83.